The second kappa shape index (κ2) is 8.10. The summed E-state index contributed by atoms with van der Waals surface area (Å²) >= 11 is 0. The number of para-hydroxylation sites is 1. The van der Waals surface area contributed by atoms with E-state index in [1.807, 2.05) is 0 Å². The van der Waals surface area contributed by atoms with Crippen LogP contribution in [0.2, 0.25) is 0 Å². The summed E-state index contributed by atoms with van der Waals surface area (Å²) in [4.78, 5) is 8.23. The van der Waals surface area contributed by atoms with E-state index in [0.717, 1.165) is 5.01 Å². The molecule has 0 amide bonds. The zero-order valence-corrected chi connectivity index (χ0v) is 15.5. The van der Waals surface area contributed by atoms with Gasteiger partial charge in [-0.25, -0.2) is 14.6 Å². The van der Waals surface area contributed by atoms with Gasteiger partial charge in [-0.05, 0) is 36.4 Å². The lowest BCUT2D eigenvalue weighted by atomic mass is 10.1. The van der Waals surface area contributed by atoms with Crippen LogP contribution in [0.4, 0.5) is 14.5 Å². The lowest BCUT2D eigenvalue weighted by Crippen LogP contribution is -2.32. The van der Waals surface area contributed by atoms with Crippen LogP contribution in [-0.2, 0) is 0 Å². The van der Waals surface area contributed by atoms with E-state index in [4.69, 9.17) is 16.1 Å². The first-order valence-corrected chi connectivity index (χ1v) is 8.84. The predicted molar refractivity (Wildman–Crippen MR) is 108 cm³/mol. The molecule has 4 aromatic rings. The Kier molecular flexibility index (Phi) is 5.19. The fourth-order valence-electron chi connectivity index (χ4n) is 2.88. The number of hydrogen-bond donors (Lipinski definition) is 2. The molecule has 4 rings (SSSR count). The van der Waals surface area contributed by atoms with Gasteiger partial charge in [0.1, 0.15) is 17.3 Å². The van der Waals surface area contributed by atoms with Crippen molar-refractivity contribution in [3.63, 3.8) is 0 Å². The van der Waals surface area contributed by atoms with Crippen LogP contribution in [0, 0.1) is 11.6 Å². The molecule has 2 aromatic heterocycles. The maximum absolute atomic E-state index is 14.4. The van der Waals surface area contributed by atoms with Gasteiger partial charge in [-0.15, -0.1) is 0 Å². The third-order valence-electron chi connectivity index (χ3n) is 4.30. The maximum Gasteiger partial charge on any atom is 0.276 e. The highest BCUT2D eigenvalue weighted by atomic mass is 19.1. The molecular weight excluding hydrogens is 390 g/mol. The maximum atomic E-state index is 14.4. The second-order valence-corrected chi connectivity index (χ2v) is 6.25. The van der Waals surface area contributed by atoms with Crippen molar-refractivity contribution in [2.24, 2.45) is 11.6 Å². The van der Waals surface area contributed by atoms with Gasteiger partial charge < -0.3 is 10.3 Å². The van der Waals surface area contributed by atoms with E-state index in [0.29, 0.717) is 11.1 Å². The highest BCUT2D eigenvalue weighted by Crippen LogP contribution is 2.30. The monoisotopic (exact) mass is 406 g/mol. The zero-order chi connectivity index (χ0) is 21.1. The molecule has 0 fully saturated rings. The molecule has 0 aliphatic carbocycles. The third kappa shape index (κ3) is 3.74. The number of nitrogens with two attached hydrogens (primary N) is 2. The lowest BCUT2D eigenvalue weighted by Gasteiger charge is -2.23. The standard InChI is InChI=1S/C21H16F2N6O/c22-15-5-3-4-14(12-15)20-27-21(30-28-20)18(24)19(13-8-10-26-11-9-13)29(25)17-7-2-1-6-16(17)23/h1-12H,24-25H2/b19-18-. The zero-order valence-electron chi connectivity index (χ0n) is 15.5. The van der Waals surface area contributed by atoms with Crippen LogP contribution in [0.5, 0.6) is 0 Å². The smallest absolute Gasteiger partial charge is 0.276 e. The molecule has 0 atom stereocenters. The van der Waals surface area contributed by atoms with Crippen molar-refractivity contribution in [2.75, 3.05) is 5.01 Å². The number of halogens is 2. The molecule has 2 heterocycles. The average molecular weight is 406 g/mol. The Bertz CT molecular complexity index is 1210. The van der Waals surface area contributed by atoms with E-state index >= 15 is 0 Å². The third-order valence-corrected chi connectivity index (χ3v) is 4.30. The van der Waals surface area contributed by atoms with Gasteiger partial charge in [0.15, 0.2) is 0 Å². The summed E-state index contributed by atoms with van der Waals surface area (Å²) < 4.78 is 33.2. The van der Waals surface area contributed by atoms with Crippen LogP contribution < -0.4 is 16.6 Å². The molecule has 9 heteroatoms. The largest absolute Gasteiger partial charge is 0.392 e. The summed E-state index contributed by atoms with van der Waals surface area (Å²) in [5.74, 6) is 5.37. The number of pyridine rings is 1. The van der Waals surface area contributed by atoms with Crippen LogP contribution in [0.1, 0.15) is 11.5 Å². The van der Waals surface area contributed by atoms with Crippen LogP contribution in [0.25, 0.3) is 22.8 Å². The molecule has 150 valence electrons. The molecule has 0 bridgehead atoms. The van der Waals surface area contributed by atoms with E-state index in [1.165, 1.54) is 30.3 Å². The summed E-state index contributed by atoms with van der Waals surface area (Å²) in [7, 11) is 0. The topological polar surface area (TPSA) is 107 Å². The minimum absolute atomic E-state index is 0.0158. The van der Waals surface area contributed by atoms with Crippen LogP contribution >= 0.6 is 0 Å². The quantitative estimate of drug-likeness (QED) is 0.385. The van der Waals surface area contributed by atoms with Gasteiger partial charge in [0.2, 0.25) is 5.82 Å². The number of hydrogen-bond acceptors (Lipinski definition) is 7. The highest BCUT2D eigenvalue weighted by molar-refractivity contribution is 5.93. The van der Waals surface area contributed by atoms with Gasteiger partial charge in [-0.2, -0.15) is 4.98 Å². The van der Waals surface area contributed by atoms with E-state index in [1.54, 1.807) is 42.7 Å². The van der Waals surface area contributed by atoms with Crippen LogP contribution in [-0.4, -0.2) is 15.1 Å². The van der Waals surface area contributed by atoms with Crippen LogP contribution in [0.15, 0.2) is 77.6 Å². The van der Waals surface area contributed by atoms with Crippen molar-refractivity contribution >= 4 is 17.1 Å². The van der Waals surface area contributed by atoms with Gasteiger partial charge in [-0.3, -0.25) is 9.99 Å². The molecule has 0 spiro atoms. The van der Waals surface area contributed by atoms with E-state index in [-0.39, 0.29) is 28.8 Å². The van der Waals surface area contributed by atoms with Crippen molar-refractivity contribution in [1.82, 2.24) is 15.1 Å². The van der Waals surface area contributed by atoms with Gasteiger partial charge in [-0.1, -0.05) is 29.4 Å². The van der Waals surface area contributed by atoms with Crippen molar-refractivity contribution in [3.05, 3.63) is 96.1 Å². The van der Waals surface area contributed by atoms with Crippen molar-refractivity contribution in [1.29, 1.82) is 0 Å². The molecule has 0 aliphatic heterocycles. The first kappa shape index (κ1) is 19.2. The van der Waals surface area contributed by atoms with E-state index < -0.39 is 11.6 Å². The van der Waals surface area contributed by atoms with E-state index in [2.05, 4.69) is 15.1 Å². The van der Waals surface area contributed by atoms with Gasteiger partial charge in [0.25, 0.3) is 5.89 Å². The molecule has 30 heavy (non-hydrogen) atoms. The molecule has 0 radical (unpaired) electrons. The summed E-state index contributed by atoms with van der Waals surface area (Å²) in [6.45, 7) is 0. The number of benzene rings is 2. The average Bonchev–Trinajstić information content (AvgIpc) is 3.25. The molecule has 2 aromatic carbocycles. The summed E-state index contributed by atoms with van der Waals surface area (Å²) in [5.41, 5.74) is 7.64. The Morgan fingerprint density at radius 3 is 2.47 bits per heavy atom. The van der Waals surface area contributed by atoms with Crippen LogP contribution in [0.3, 0.4) is 0 Å². The Labute approximate surface area is 170 Å². The summed E-state index contributed by atoms with van der Waals surface area (Å²) in [6, 6.07) is 15.0. The molecule has 0 saturated carbocycles. The first-order valence-electron chi connectivity index (χ1n) is 8.84. The Morgan fingerprint density at radius 1 is 0.967 bits per heavy atom. The first-order chi connectivity index (χ1) is 14.5. The van der Waals surface area contributed by atoms with Gasteiger partial charge in [0, 0.05) is 23.5 Å². The molecule has 0 unspecified atom stereocenters. The predicted octanol–water partition coefficient (Wildman–Crippen LogP) is 3.57. The minimum atomic E-state index is -0.537. The van der Waals surface area contributed by atoms with Gasteiger partial charge >= 0.3 is 0 Å². The summed E-state index contributed by atoms with van der Waals surface area (Å²) in [6.07, 6.45) is 3.09. The minimum Gasteiger partial charge on any atom is -0.392 e. The molecule has 7 nitrogen and oxygen atoms in total. The van der Waals surface area contributed by atoms with Crippen molar-refractivity contribution in [3.8, 4) is 11.4 Å². The number of anilines is 1. The lowest BCUT2D eigenvalue weighted by molar-refractivity contribution is 0.408. The fraction of sp³-hybridized carbons (Fsp3) is 0. The molecule has 0 aliphatic rings. The normalized spacial score (nSPS) is 11.8. The molecule has 0 saturated heterocycles. The molecule has 4 N–H and O–H groups in total. The van der Waals surface area contributed by atoms with Gasteiger partial charge in [0.05, 0.1) is 11.4 Å². The SMILES string of the molecule is N/C(=C(/c1ccncc1)N(N)c1ccccc1F)c1nc(-c2cccc(F)c2)no1. The number of rotatable bonds is 5. The number of nitrogens with zero attached hydrogens (tertiary/aromatic N) is 4. The van der Waals surface area contributed by atoms with Crippen molar-refractivity contribution in [2.45, 2.75) is 0 Å². The number of aromatic nitrogens is 3. The number of hydrazine groups is 1. The van der Waals surface area contributed by atoms with Crippen molar-refractivity contribution < 1.29 is 13.3 Å². The summed E-state index contributed by atoms with van der Waals surface area (Å²) in [5, 5.41) is 4.96. The van der Waals surface area contributed by atoms with E-state index in [9.17, 15) is 8.78 Å². The second-order valence-electron chi connectivity index (χ2n) is 6.25. The molecular formula is C21H16F2N6O. The Morgan fingerprint density at radius 2 is 1.73 bits per heavy atom. The highest BCUT2D eigenvalue weighted by Gasteiger charge is 2.22. The fourth-order valence-corrected chi connectivity index (χ4v) is 2.88. The Balaban J connectivity index is 1.83. The Hall–Kier alpha value is -4.11.